The van der Waals surface area contributed by atoms with E-state index < -0.39 is 0 Å². The Bertz CT molecular complexity index is 509. The SMILES string of the molecule is CSCC(C)n1c(N)nc2cc(F)ccc21. The number of nitrogens with zero attached hydrogens (tertiary/aromatic N) is 2. The summed E-state index contributed by atoms with van der Waals surface area (Å²) >= 11 is 1.75. The highest BCUT2D eigenvalue weighted by Crippen LogP contribution is 2.24. The van der Waals surface area contributed by atoms with Crippen molar-refractivity contribution in [2.75, 3.05) is 17.7 Å². The summed E-state index contributed by atoms with van der Waals surface area (Å²) in [7, 11) is 0. The molecule has 2 aromatic rings. The van der Waals surface area contributed by atoms with Gasteiger partial charge in [0.2, 0.25) is 5.95 Å². The first-order valence-electron chi connectivity index (χ1n) is 5.05. The molecule has 0 saturated heterocycles. The fourth-order valence-electron chi connectivity index (χ4n) is 1.87. The van der Waals surface area contributed by atoms with E-state index in [1.165, 1.54) is 12.1 Å². The van der Waals surface area contributed by atoms with Crippen LogP contribution in [-0.4, -0.2) is 21.6 Å². The first kappa shape index (κ1) is 11.3. The summed E-state index contributed by atoms with van der Waals surface area (Å²) in [5.41, 5.74) is 7.36. The first-order valence-corrected chi connectivity index (χ1v) is 6.44. The van der Waals surface area contributed by atoms with Crippen LogP contribution in [-0.2, 0) is 0 Å². The molecule has 3 nitrogen and oxygen atoms in total. The van der Waals surface area contributed by atoms with E-state index in [2.05, 4.69) is 11.9 Å². The minimum atomic E-state index is -0.283. The number of aromatic nitrogens is 2. The molecule has 0 aliphatic heterocycles. The smallest absolute Gasteiger partial charge is 0.201 e. The molecule has 0 aliphatic carbocycles. The second-order valence-corrected chi connectivity index (χ2v) is 4.69. The van der Waals surface area contributed by atoms with E-state index >= 15 is 0 Å². The summed E-state index contributed by atoms with van der Waals surface area (Å²) in [6.07, 6.45) is 2.05. The third-order valence-electron chi connectivity index (χ3n) is 2.53. The maximum atomic E-state index is 13.0. The third-order valence-corrected chi connectivity index (χ3v) is 3.34. The highest BCUT2D eigenvalue weighted by molar-refractivity contribution is 7.98. The Morgan fingerprint density at radius 3 is 3.00 bits per heavy atom. The molecule has 1 aromatic heterocycles. The zero-order chi connectivity index (χ0) is 11.7. The lowest BCUT2D eigenvalue weighted by atomic mass is 10.3. The Kier molecular flexibility index (Phi) is 3.05. The topological polar surface area (TPSA) is 43.8 Å². The van der Waals surface area contributed by atoms with Crippen molar-refractivity contribution in [2.24, 2.45) is 0 Å². The van der Waals surface area contributed by atoms with E-state index in [0.29, 0.717) is 11.5 Å². The minimum Gasteiger partial charge on any atom is -0.369 e. The van der Waals surface area contributed by atoms with E-state index in [0.717, 1.165) is 11.3 Å². The van der Waals surface area contributed by atoms with E-state index in [1.807, 2.05) is 10.8 Å². The van der Waals surface area contributed by atoms with E-state index in [4.69, 9.17) is 5.73 Å². The lowest BCUT2D eigenvalue weighted by Crippen LogP contribution is -2.10. The van der Waals surface area contributed by atoms with Gasteiger partial charge in [-0.15, -0.1) is 0 Å². The second kappa shape index (κ2) is 4.33. The number of thioether (sulfide) groups is 1. The van der Waals surface area contributed by atoms with Gasteiger partial charge >= 0.3 is 0 Å². The van der Waals surface area contributed by atoms with Crippen LogP contribution in [0.4, 0.5) is 10.3 Å². The van der Waals surface area contributed by atoms with Crippen LogP contribution in [0.2, 0.25) is 0 Å². The number of nitrogen functional groups attached to an aromatic ring is 1. The van der Waals surface area contributed by atoms with E-state index in [9.17, 15) is 4.39 Å². The number of hydrogen-bond acceptors (Lipinski definition) is 3. The van der Waals surface area contributed by atoms with Crippen molar-refractivity contribution in [3.8, 4) is 0 Å². The Morgan fingerprint density at radius 2 is 2.31 bits per heavy atom. The zero-order valence-electron chi connectivity index (χ0n) is 9.27. The molecule has 0 fully saturated rings. The Balaban J connectivity index is 2.55. The maximum absolute atomic E-state index is 13.0. The number of fused-ring (bicyclic) bond motifs is 1. The van der Waals surface area contributed by atoms with Crippen molar-refractivity contribution in [3.05, 3.63) is 24.0 Å². The van der Waals surface area contributed by atoms with Crippen molar-refractivity contribution in [2.45, 2.75) is 13.0 Å². The summed E-state index contributed by atoms with van der Waals surface area (Å²) < 4.78 is 15.0. The number of halogens is 1. The van der Waals surface area contributed by atoms with Crippen LogP contribution >= 0.6 is 11.8 Å². The van der Waals surface area contributed by atoms with Crippen LogP contribution in [0, 0.1) is 5.82 Å². The van der Waals surface area contributed by atoms with Crippen LogP contribution in [0.15, 0.2) is 18.2 Å². The molecule has 0 aliphatic rings. The van der Waals surface area contributed by atoms with Gasteiger partial charge in [0.15, 0.2) is 0 Å². The quantitative estimate of drug-likeness (QED) is 0.895. The molecule has 0 spiro atoms. The Morgan fingerprint density at radius 1 is 1.56 bits per heavy atom. The number of anilines is 1. The molecule has 0 saturated carbocycles. The lowest BCUT2D eigenvalue weighted by molar-refractivity contribution is 0.626. The van der Waals surface area contributed by atoms with Gasteiger partial charge in [0.1, 0.15) is 5.82 Å². The molecule has 2 N–H and O–H groups in total. The van der Waals surface area contributed by atoms with Crippen molar-refractivity contribution in [1.29, 1.82) is 0 Å². The average molecular weight is 239 g/mol. The van der Waals surface area contributed by atoms with Gasteiger partial charge < -0.3 is 10.3 Å². The van der Waals surface area contributed by atoms with Crippen LogP contribution in [0.3, 0.4) is 0 Å². The fourth-order valence-corrected chi connectivity index (χ4v) is 2.50. The molecule has 1 unspecified atom stereocenters. The van der Waals surface area contributed by atoms with Crippen LogP contribution < -0.4 is 5.73 Å². The minimum absolute atomic E-state index is 0.255. The molecule has 1 atom stereocenters. The van der Waals surface area contributed by atoms with Gasteiger partial charge in [-0.3, -0.25) is 0 Å². The largest absolute Gasteiger partial charge is 0.369 e. The predicted molar refractivity (Wildman–Crippen MR) is 67.2 cm³/mol. The van der Waals surface area contributed by atoms with Gasteiger partial charge in [0.25, 0.3) is 0 Å². The normalized spacial score (nSPS) is 13.2. The molecule has 86 valence electrons. The Hall–Kier alpha value is -1.23. The zero-order valence-corrected chi connectivity index (χ0v) is 10.1. The summed E-state index contributed by atoms with van der Waals surface area (Å²) in [5, 5.41) is 0. The molecule has 2 rings (SSSR count). The van der Waals surface area contributed by atoms with Gasteiger partial charge in [-0.25, -0.2) is 9.37 Å². The molecule has 5 heteroatoms. The number of imidazole rings is 1. The van der Waals surface area contributed by atoms with Crippen molar-refractivity contribution in [1.82, 2.24) is 9.55 Å². The summed E-state index contributed by atoms with van der Waals surface area (Å²) in [4.78, 5) is 4.17. The third kappa shape index (κ3) is 1.87. The summed E-state index contributed by atoms with van der Waals surface area (Å²) in [5.74, 6) is 1.12. The van der Waals surface area contributed by atoms with Gasteiger partial charge in [0, 0.05) is 17.9 Å². The fraction of sp³-hybridized carbons (Fsp3) is 0.364. The molecule has 0 bridgehead atoms. The van der Waals surface area contributed by atoms with Crippen molar-refractivity contribution in [3.63, 3.8) is 0 Å². The van der Waals surface area contributed by atoms with Crippen LogP contribution in [0.25, 0.3) is 11.0 Å². The standard InChI is InChI=1S/C11H14FN3S/c1-7(6-16-2)15-10-4-3-8(12)5-9(10)14-11(15)13/h3-5,7H,6H2,1-2H3,(H2,13,14). The number of hydrogen-bond donors (Lipinski definition) is 1. The van der Waals surface area contributed by atoms with Gasteiger partial charge in [-0.05, 0) is 25.3 Å². The highest BCUT2D eigenvalue weighted by Gasteiger charge is 2.13. The number of rotatable bonds is 3. The van der Waals surface area contributed by atoms with Crippen LogP contribution in [0.1, 0.15) is 13.0 Å². The van der Waals surface area contributed by atoms with Crippen molar-refractivity contribution >= 4 is 28.7 Å². The van der Waals surface area contributed by atoms with Gasteiger partial charge in [0.05, 0.1) is 11.0 Å². The van der Waals surface area contributed by atoms with Crippen molar-refractivity contribution < 1.29 is 4.39 Å². The molecule has 0 radical (unpaired) electrons. The lowest BCUT2D eigenvalue weighted by Gasteiger charge is -2.14. The average Bonchev–Trinajstić information content (AvgIpc) is 2.53. The van der Waals surface area contributed by atoms with Gasteiger partial charge in [-0.2, -0.15) is 11.8 Å². The highest BCUT2D eigenvalue weighted by atomic mass is 32.2. The Labute approximate surface area is 97.8 Å². The van der Waals surface area contributed by atoms with E-state index in [-0.39, 0.29) is 11.9 Å². The summed E-state index contributed by atoms with van der Waals surface area (Å²) in [6, 6.07) is 4.83. The molecule has 16 heavy (non-hydrogen) atoms. The second-order valence-electron chi connectivity index (χ2n) is 3.78. The first-order chi connectivity index (χ1) is 7.63. The number of benzene rings is 1. The summed E-state index contributed by atoms with van der Waals surface area (Å²) in [6.45, 7) is 2.08. The monoisotopic (exact) mass is 239 g/mol. The van der Waals surface area contributed by atoms with Gasteiger partial charge in [-0.1, -0.05) is 0 Å². The number of nitrogens with two attached hydrogens (primary N) is 1. The molecule has 1 aromatic carbocycles. The maximum Gasteiger partial charge on any atom is 0.201 e. The molecular weight excluding hydrogens is 225 g/mol. The molecular formula is C11H14FN3S. The molecule has 1 heterocycles. The predicted octanol–water partition coefficient (Wildman–Crippen LogP) is 2.68. The van der Waals surface area contributed by atoms with E-state index in [1.54, 1.807) is 17.8 Å². The van der Waals surface area contributed by atoms with Crippen LogP contribution in [0.5, 0.6) is 0 Å². The molecule has 0 amide bonds.